The van der Waals surface area contributed by atoms with E-state index < -0.39 is 0 Å². The third kappa shape index (κ3) is 31.0. The van der Waals surface area contributed by atoms with E-state index in [4.69, 9.17) is 0 Å². The molecule has 0 amide bonds. The fraction of sp³-hybridized carbons (Fsp3) is 0.400. The summed E-state index contributed by atoms with van der Waals surface area (Å²) in [5.41, 5.74) is 9.00. The van der Waals surface area contributed by atoms with E-state index in [0.717, 1.165) is 5.92 Å². The summed E-state index contributed by atoms with van der Waals surface area (Å²) in [5.74, 6) is 0.898. The van der Waals surface area contributed by atoms with Crippen LogP contribution < -0.4 is 11.5 Å². The molecule has 0 aliphatic heterocycles. The van der Waals surface area contributed by atoms with Crippen molar-refractivity contribution in [3.05, 3.63) is 72.8 Å². The van der Waals surface area contributed by atoms with Gasteiger partial charge in [0, 0.05) is 0 Å². The Bertz CT molecular complexity index is 248. The molecule has 0 saturated carbocycles. The topological polar surface area (TPSA) is 52.0 Å². The van der Waals surface area contributed by atoms with Crippen LogP contribution in [-0.4, -0.2) is 14.1 Å². The SMILES string of the molecule is CCCC(C)C.CN.CN.c1ccccc1.c1ccccc1. The highest BCUT2D eigenvalue weighted by atomic mass is 14.4. The highest BCUT2D eigenvalue weighted by Crippen LogP contribution is 2.00. The largest absolute Gasteiger partial charge is 0.333 e. The van der Waals surface area contributed by atoms with Crippen molar-refractivity contribution < 1.29 is 0 Å². The van der Waals surface area contributed by atoms with Crippen LogP contribution in [-0.2, 0) is 0 Å². The third-order valence-corrected chi connectivity index (χ3v) is 2.20. The molecule has 0 spiro atoms. The fourth-order valence-corrected chi connectivity index (χ4v) is 1.35. The van der Waals surface area contributed by atoms with Crippen LogP contribution in [0.5, 0.6) is 0 Å². The second-order valence-corrected chi connectivity index (χ2v) is 4.49. The molecule has 2 aromatic rings. The first-order valence-electron chi connectivity index (χ1n) is 7.92. The molecule has 2 aromatic carbocycles. The van der Waals surface area contributed by atoms with Crippen molar-refractivity contribution in [1.82, 2.24) is 0 Å². The molecule has 0 atom stereocenters. The molecule has 0 saturated heterocycles. The summed E-state index contributed by atoms with van der Waals surface area (Å²) in [6.07, 6.45) is 2.71. The van der Waals surface area contributed by atoms with Gasteiger partial charge in [0.15, 0.2) is 0 Å². The maximum Gasteiger partial charge on any atom is -0.0195 e. The summed E-state index contributed by atoms with van der Waals surface area (Å²) in [4.78, 5) is 0. The zero-order chi connectivity index (χ0) is 17.5. The van der Waals surface area contributed by atoms with Crippen molar-refractivity contribution in [1.29, 1.82) is 0 Å². The average Bonchev–Trinajstić information content (AvgIpc) is 2.62. The first-order valence-corrected chi connectivity index (χ1v) is 7.92. The van der Waals surface area contributed by atoms with E-state index in [9.17, 15) is 0 Å². The van der Waals surface area contributed by atoms with Gasteiger partial charge in [-0.1, -0.05) is 106 Å². The Hall–Kier alpha value is -1.64. The maximum absolute atomic E-state index is 4.50. The van der Waals surface area contributed by atoms with Gasteiger partial charge in [-0.05, 0) is 20.0 Å². The highest BCUT2D eigenvalue weighted by molar-refractivity contribution is 4.99. The lowest BCUT2D eigenvalue weighted by molar-refractivity contribution is 0.576. The highest BCUT2D eigenvalue weighted by Gasteiger charge is 1.85. The molecule has 4 N–H and O–H groups in total. The Morgan fingerprint density at radius 1 is 0.545 bits per heavy atom. The van der Waals surface area contributed by atoms with Crippen molar-refractivity contribution in [3.8, 4) is 0 Å². The summed E-state index contributed by atoms with van der Waals surface area (Å²) < 4.78 is 0. The molecule has 0 bridgehead atoms. The van der Waals surface area contributed by atoms with Gasteiger partial charge in [-0.15, -0.1) is 0 Å². The normalized spacial score (nSPS) is 7.64. The summed E-state index contributed by atoms with van der Waals surface area (Å²) in [5, 5.41) is 0. The molecule has 0 aliphatic rings. The molecule has 0 heterocycles. The summed E-state index contributed by atoms with van der Waals surface area (Å²) >= 11 is 0. The van der Waals surface area contributed by atoms with Crippen LogP contribution in [0.4, 0.5) is 0 Å². The second-order valence-electron chi connectivity index (χ2n) is 4.49. The van der Waals surface area contributed by atoms with Crippen molar-refractivity contribution in [3.63, 3.8) is 0 Å². The lowest BCUT2D eigenvalue weighted by Gasteiger charge is -1.95. The fourth-order valence-electron chi connectivity index (χ4n) is 1.35. The Balaban J connectivity index is -0.000000221. The first kappa shape index (κ1) is 25.3. The zero-order valence-electron chi connectivity index (χ0n) is 15.1. The Kier molecular flexibility index (Phi) is 31.8. The minimum atomic E-state index is 0.898. The predicted octanol–water partition coefficient (Wildman–Crippen LogP) is 4.97. The Morgan fingerprint density at radius 2 is 0.727 bits per heavy atom. The molecule has 2 nitrogen and oxygen atoms in total. The molecular weight excluding hydrogens is 268 g/mol. The average molecular weight is 305 g/mol. The maximum atomic E-state index is 4.50. The standard InChI is InChI=1S/2C6H6.C6H14.2CH5N/c2*1-2-4-6-5-3-1;1-4-5-6(2)3;2*1-2/h2*1-6H;6H,4-5H2,1-3H3;2*2H2,1H3. The van der Waals surface area contributed by atoms with E-state index in [1.807, 2.05) is 72.8 Å². The van der Waals surface area contributed by atoms with Gasteiger partial charge < -0.3 is 11.5 Å². The number of nitrogens with two attached hydrogens (primary N) is 2. The van der Waals surface area contributed by atoms with Crippen LogP contribution in [0.3, 0.4) is 0 Å². The molecule has 2 rings (SSSR count). The molecule has 0 aliphatic carbocycles. The molecule has 0 fully saturated rings. The van der Waals surface area contributed by atoms with E-state index in [2.05, 4.69) is 32.2 Å². The van der Waals surface area contributed by atoms with Gasteiger partial charge in [0.05, 0.1) is 0 Å². The lowest BCUT2D eigenvalue weighted by atomic mass is 10.1. The van der Waals surface area contributed by atoms with E-state index in [1.54, 1.807) is 0 Å². The predicted molar refractivity (Wildman–Crippen MR) is 103 cm³/mol. The van der Waals surface area contributed by atoms with Gasteiger partial charge in [-0.2, -0.15) is 0 Å². The second kappa shape index (κ2) is 27.7. The minimum absolute atomic E-state index is 0.898. The van der Waals surface area contributed by atoms with Gasteiger partial charge in [0.1, 0.15) is 0 Å². The summed E-state index contributed by atoms with van der Waals surface area (Å²) in [7, 11) is 3.00. The third-order valence-electron chi connectivity index (χ3n) is 2.20. The number of benzene rings is 2. The number of hydrogen-bond donors (Lipinski definition) is 2. The Labute approximate surface area is 138 Å². The van der Waals surface area contributed by atoms with Crippen molar-refractivity contribution in [2.24, 2.45) is 17.4 Å². The molecule has 0 aromatic heterocycles. The van der Waals surface area contributed by atoms with Crippen LogP contribution in [0.25, 0.3) is 0 Å². The quantitative estimate of drug-likeness (QED) is 0.823. The lowest BCUT2D eigenvalue weighted by Crippen LogP contribution is -1.81. The Morgan fingerprint density at radius 3 is 0.773 bits per heavy atom. The van der Waals surface area contributed by atoms with Crippen LogP contribution >= 0.6 is 0 Å². The van der Waals surface area contributed by atoms with Crippen molar-refractivity contribution in [2.75, 3.05) is 14.1 Å². The van der Waals surface area contributed by atoms with Gasteiger partial charge in [0.2, 0.25) is 0 Å². The molecule has 0 radical (unpaired) electrons. The van der Waals surface area contributed by atoms with Gasteiger partial charge >= 0.3 is 0 Å². The van der Waals surface area contributed by atoms with Crippen molar-refractivity contribution >= 4 is 0 Å². The van der Waals surface area contributed by atoms with E-state index in [-0.39, 0.29) is 0 Å². The molecular formula is C20H36N2. The monoisotopic (exact) mass is 304 g/mol. The van der Waals surface area contributed by atoms with Gasteiger partial charge in [-0.25, -0.2) is 0 Å². The van der Waals surface area contributed by atoms with Crippen LogP contribution in [0, 0.1) is 5.92 Å². The van der Waals surface area contributed by atoms with Crippen LogP contribution in [0.1, 0.15) is 33.6 Å². The zero-order valence-corrected chi connectivity index (χ0v) is 15.1. The van der Waals surface area contributed by atoms with E-state index in [0.29, 0.717) is 0 Å². The van der Waals surface area contributed by atoms with Crippen LogP contribution in [0.2, 0.25) is 0 Å². The summed E-state index contributed by atoms with van der Waals surface area (Å²) in [6, 6.07) is 24.0. The van der Waals surface area contributed by atoms with E-state index >= 15 is 0 Å². The number of rotatable bonds is 2. The van der Waals surface area contributed by atoms with Crippen molar-refractivity contribution in [2.45, 2.75) is 33.6 Å². The van der Waals surface area contributed by atoms with E-state index in [1.165, 1.54) is 26.9 Å². The molecule has 22 heavy (non-hydrogen) atoms. The van der Waals surface area contributed by atoms with Gasteiger partial charge in [-0.3, -0.25) is 0 Å². The molecule has 126 valence electrons. The van der Waals surface area contributed by atoms with Crippen LogP contribution in [0.15, 0.2) is 72.8 Å². The number of hydrogen-bond acceptors (Lipinski definition) is 2. The summed E-state index contributed by atoms with van der Waals surface area (Å²) in [6.45, 7) is 6.73. The minimum Gasteiger partial charge on any atom is -0.333 e. The van der Waals surface area contributed by atoms with Gasteiger partial charge in [0.25, 0.3) is 0 Å². The molecule has 2 heteroatoms. The molecule has 0 unspecified atom stereocenters. The smallest absolute Gasteiger partial charge is 0.0195 e. The first-order chi connectivity index (χ1) is 10.8.